The van der Waals surface area contributed by atoms with Crippen molar-refractivity contribution in [2.24, 2.45) is 0 Å². The van der Waals surface area contributed by atoms with E-state index in [2.05, 4.69) is 5.32 Å². The molecule has 0 saturated carbocycles. The van der Waals surface area contributed by atoms with E-state index in [9.17, 15) is 4.79 Å². The summed E-state index contributed by atoms with van der Waals surface area (Å²) in [7, 11) is 0. The SMILES string of the molecule is O=C(NC/C=C/c1ccccc1)/C(=C/Cl)Sc1ccccc1. The highest BCUT2D eigenvalue weighted by atomic mass is 35.5. The van der Waals surface area contributed by atoms with E-state index in [0.29, 0.717) is 11.4 Å². The lowest BCUT2D eigenvalue weighted by atomic mass is 10.2. The monoisotopic (exact) mass is 329 g/mol. The van der Waals surface area contributed by atoms with Gasteiger partial charge >= 0.3 is 0 Å². The van der Waals surface area contributed by atoms with Gasteiger partial charge in [-0.1, -0.05) is 84.0 Å². The molecule has 0 aliphatic rings. The van der Waals surface area contributed by atoms with Gasteiger partial charge in [0.05, 0.1) is 4.91 Å². The molecule has 1 N–H and O–H groups in total. The first kappa shape index (κ1) is 16.4. The minimum atomic E-state index is -0.179. The number of benzene rings is 2. The predicted octanol–water partition coefficient (Wildman–Crippen LogP) is 4.69. The van der Waals surface area contributed by atoms with Crippen molar-refractivity contribution in [2.45, 2.75) is 4.90 Å². The van der Waals surface area contributed by atoms with Crippen LogP contribution in [0.2, 0.25) is 0 Å². The Kier molecular flexibility index (Phi) is 6.81. The molecule has 0 radical (unpaired) electrons. The second-order valence-corrected chi connectivity index (χ2v) is 5.75. The van der Waals surface area contributed by atoms with Crippen LogP contribution < -0.4 is 5.32 Å². The fourth-order valence-electron chi connectivity index (χ4n) is 1.73. The molecule has 22 heavy (non-hydrogen) atoms. The topological polar surface area (TPSA) is 29.1 Å². The molecular formula is C18H16ClNOS. The van der Waals surface area contributed by atoms with Crippen molar-refractivity contribution < 1.29 is 4.79 Å². The van der Waals surface area contributed by atoms with Crippen molar-refractivity contribution in [2.75, 3.05) is 6.54 Å². The first-order chi connectivity index (χ1) is 10.8. The summed E-state index contributed by atoms with van der Waals surface area (Å²) >= 11 is 7.10. The molecule has 2 nitrogen and oxygen atoms in total. The maximum atomic E-state index is 12.1. The summed E-state index contributed by atoms with van der Waals surface area (Å²) in [6, 6.07) is 19.6. The highest BCUT2D eigenvalue weighted by molar-refractivity contribution is 8.04. The molecule has 0 aromatic heterocycles. The largest absolute Gasteiger partial charge is 0.348 e. The first-order valence-electron chi connectivity index (χ1n) is 6.82. The first-order valence-corrected chi connectivity index (χ1v) is 8.08. The average Bonchev–Trinajstić information content (AvgIpc) is 2.58. The maximum Gasteiger partial charge on any atom is 0.259 e. The summed E-state index contributed by atoms with van der Waals surface area (Å²) in [6.45, 7) is 0.456. The summed E-state index contributed by atoms with van der Waals surface area (Å²) in [5, 5.41) is 2.82. The molecule has 0 aliphatic heterocycles. The highest BCUT2D eigenvalue weighted by Crippen LogP contribution is 2.26. The van der Waals surface area contributed by atoms with Crippen molar-refractivity contribution in [1.29, 1.82) is 0 Å². The fourth-order valence-corrected chi connectivity index (χ4v) is 2.72. The van der Waals surface area contributed by atoms with Gasteiger partial charge in [-0.05, 0) is 17.7 Å². The fraction of sp³-hybridized carbons (Fsp3) is 0.0556. The van der Waals surface area contributed by atoms with E-state index in [1.807, 2.05) is 72.8 Å². The smallest absolute Gasteiger partial charge is 0.259 e. The number of hydrogen-bond donors (Lipinski definition) is 1. The molecule has 0 atom stereocenters. The molecular weight excluding hydrogens is 314 g/mol. The number of hydrogen-bond acceptors (Lipinski definition) is 2. The van der Waals surface area contributed by atoms with E-state index >= 15 is 0 Å². The minimum absolute atomic E-state index is 0.179. The molecule has 0 unspecified atom stereocenters. The second-order valence-electron chi connectivity index (χ2n) is 4.41. The molecule has 0 aliphatic carbocycles. The number of rotatable bonds is 6. The van der Waals surface area contributed by atoms with Crippen LogP contribution in [0.3, 0.4) is 0 Å². The van der Waals surface area contributed by atoms with Crippen molar-refractivity contribution in [3.05, 3.63) is 82.7 Å². The van der Waals surface area contributed by atoms with Gasteiger partial charge < -0.3 is 5.32 Å². The van der Waals surface area contributed by atoms with Crippen molar-refractivity contribution in [3.63, 3.8) is 0 Å². The molecule has 0 spiro atoms. The molecule has 1 amide bonds. The van der Waals surface area contributed by atoms with E-state index in [4.69, 9.17) is 11.6 Å². The van der Waals surface area contributed by atoms with Gasteiger partial charge in [-0.2, -0.15) is 0 Å². The van der Waals surface area contributed by atoms with E-state index in [0.717, 1.165) is 10.5 Å². The van der Waals surface area contributed by atoms with Gasteiger partial charge in [0.25, 0.3) is 5.91 Å². The molecule has 2 aromatic carbocycles. The number of amides is 1. The second kappa shape index (κ2) is 9.13. The standard InChI is InChI=1S/C18H16ClNOS/c19-14-17(22-16-11-5-2-6-12-16)18(21)20-13-7-10-15-8-3-1-4-9-15/h1-12,14H,13H2,(H,20,21)/b10-7+,17-14-. The van der Waals surface area contributed by atoms with E-state index in [-0.39, 0.29) is 5.91 Å². The number of nitrogens with one attached hydrogen (secondary N) is 1. The summed E-state index contributed by atoms with van der Waals surface area (Å²) in [6.07, 6.45) is 3.88. The van der Waals surface area contributed by atoms with Crippen molar-refractivity contribution in [3.8, 4) is 0 Å². The van der Waals surface area contributed by atoms with Gasteiger partial charge in [-0.3, -0.25) is 4.79 Å². The van der Waals surface area contributed by atoms with E-state index in [1.165, 1.54) is 17.3 Å². The van der Waals surface area contributed by atoms with Gasteiger partial charge in [0.2, 0.25) is 0 Å². The normalized spacial score (nSPS) is 11.6. The van der Waals surface area contributed by atoms with Gasteiger partial charge in [0.15, 0.2) is 0 Å². The Labute approximate surface area is 139 Å². The lowest BCUT2D eigenvalue weighted by molar-refractivity contribution is -0.116. The maximum absolute atomic E-state index is 12.1. The molecule has 0 bridgehead atoms. The van der Waals surface area contributed by atoms with Crippen LogP contribution in [-0.4, -0.2) is 12.5 Å². The Morgan fingerprint density at radius 3 is 2.32 bits per heavy atom. The summed E-state index contributed by atoms with van der Waals surface area (Å²) in [4.78, 5) is 13.5. The lowest BCUT2D eigenvalue weighted by Gasteiger charge is -2.06. The Hall–Kier alpha value is -1.97. The van der Waals surface area contributed by atoms with E-state index < -0.39 is 0 Å². The number of halogens is 1. The number of carbonyl (C=O) groups excluding carboxylic acids is 1. The van der Waals surface area contributed by atoms with Crippen LogP contribution in [0.5, 0.6) is 0 Å². The zero-order valence-electron chi connectivity index (χ0n) is 11.9. The van der Waals surface area contributed by atoms with E-state index in [1.54, 1.807) is 0 Å². The zero-order valence-corrected chi connectivity index (χ0v) is 13.5. The number of carbonyl (C=O) groups is 1. The molecule has 112 valence electrons. The Bertz CT molecular complexity index is 653. The third kappa shape index (κ3) is 5.43. The van der Waals surface area contributed by atoms with Crippen molar-refractivity contribution >= 4 is 35.3 Å². The van der Waals surface area contributed by atoms with Crippen molar-refractivity contribution in [1.82, 2.24) is 5.32 Å². The predicted molar refractivity (Wildman–Crippen MR) is 94.7 cm³/mol. The highest BCUT2D eigenvalue weighted by Gasteiger charge is 2.09. The molecule has 2 aromatic rings. The van der Waals surface area contributed by atoms with Crippen LogP contribution >= 0.6 is 23.4 Å². The Morgan fingerprint density at radius 2 is 1.68 bits per heavy atom. The van der Waals surface area contributed by atoms with Crippen LogP contribution in [0.4, 0.5) is 0 Å². The van der Waals surface area contributed by atoms with Crippen LogP contribution in [0, 0.1) is 0 Å². The van der Waals surface area contributed by atoms with Gasteiger partial charge in [-0.25, -0.2) is 0 Å². The molecule has 2 rings (SSSR count). The third-order valence-electron chi connectivity index (χ3n) is 2.78. The van der Waals surface area contributed by atoms with Crippen LogP contribution in [0.25, 0.3) is 6.08 Å². The third-order valence-corrected chi connectivity index (χ3v) is 4.16. The molecule has 0 fully saturated rings. The Balaban J connectivity index is 1.84. The Morgan fingerprint density at radius 1 is 1.05 bits per heavy atom. The molecule has 0 saturated heterocycles. The van der Waals surface area contributed by atoms with Gasteiger partial charge in [0.1, 0.15) is 0 Å². The lowest BCUT2D eigenvalue weighted by Crippen LogP contribution is -2.23. The van der Waals surface area contributed by atoms with Gasteiger partial charge in [0, 0.05) is 17.0 Å². The van der Waals surface area contributed by atoms with Crippen LogP contribution in [0.1, 0.15) is 5.56 Å². The van der Waals surface area contributed by atoms with Gasteiger partial charge in [-0.15, -0.1) is 0 Å². The molecule has 0 heterocycles. The zero-order chi connectivity index (χ0) is 15.6. The average molecular weight is 330 g/mol. The quantitative estimate of drug-likeness (QED) is 0.615. The number of thioether (sulfide) groups is 1. The van der Waals surface area contributed by atoms with Crippen LogP contribution in [0.15, 0.2) is 82.1 Å². The summed E-state index contributed by atoms with van der Waals surface area (Å²) < 4.78 is 0. The van der Waals surface area contributed by atoms with Crippen LogP contribution in [-0.2, 0) is 4.79 Å². The summed E-state index contributed by atoms with van der Waals surface area (Å²) in [5.41, 5.74) is 2.41. The molecule has 4 heteroatoms. The summed E-state index contributed by atoms with van der Waals surface area (Å²) in [5.74, 6) is -0.179. The minimum Gasteiger partial charge on any atom is -0.348 e.